The average Bonchev–Trinajstić information content (AvgIpc) is 2.89. The van der Waals surface area contributed by atoms with Crippen LogP contribution in [-0.4, -0.2) is 23.2 Å². The lowest BCUT2D eigenvalue weighted by atomic mass is 9.89. The number of benzene rings is 1. The zero-order chi connectivity index (χ0) is 18.8. The molecule has 1 aromatic carbocycles. The zero-order valence-corrected chi connectivity index (χ0v) is 14.8. The van der Waals surface area contributed by atoms with Crippen LogP contribution in [0.25, 0.3) is 0 Å². The van der Waals surface area contributed by atoms with Gasteiger partial charge in [0.1, 0.15) is 0 Å². The first-order valence-corrected chi connectivity index (χ1v) is 8.63. The summed E-state index contributed by atoms with van der Waals surface area (Å²) in [6.07, 6.45) is 4.36. The van der Waals surface area contributed by atoms with E-state index in [-0.39, 0.29) is 17.7 Å². The molecular weight excluding hydrogens is 336 g/mol. The highest BCUT2D eigenvalue weighted by Crippen LogP contribution is 2.37. The van der Waals surface area contributed by atoms with Crippen LogP contribution < -0.4 is 4.90 Å². The number of carbonyl (C=O) groups excluding carboxylic acids is 1. The highest BCUT2D eigenvalue weighted by atomic mass is 16.6. The van der Waals surface area contributed by atoms with Gasteiger partial charge in [-0.05, 0) is 37.0 Å². The number of carbonyl (C=O) groups is 1. The molecule has 7 nitrogen and oxygen atoms in total. The molecule has 0 N–H and O–H groups in total. The van der Waals surface area contributed by atoms with Crippen LogP contribution in [0, 0.1) is 22.0 Å². The maximum atomic E-state index is 12.4. The standard InChI is InChI=1S/C19H22N2O5/c1-12(2)10-17-11-14(8-9-25-17)18-13(3)20(19(22)26-18)15-4-6-16(7-5-15)21(23)24/h4-9,12,14,17-18H,3,10-11H2,1-2H3. The molecule has 1 fully saturated rings. The number of nitro benzene ring substituents is 1. The van der Waals surface area contributed by atoms with Crippen molar-refractivity contribution in [1.29, 1.82) is 0 Å². The Bertz CT molecular complexity index is 741. The van der Waals surface area contributed by atoms with Crippen molar-refractivity contribution in [2.75, 3.05) is 4.90 Å². The second kappa shape index (κ2) is 7.19. The summed E-state index contributed by atoms with van der Waals surface area (Å²) >= 11 is 0. The minimum absolute atomic E-state index is 0.00741. The van der Waals surface area contributed by atoms with Crippen molar-refractivity contribution in [3.05, 3.63) is 59.0 Å². The first-order valence-electron chi connectivity index (χ1n) is 8.63. The van der Waals surface area contributed by atoms with Gasteiger partial charge < -0.3 is 9.47 Å². The van der Waals surface area contributed by atoms with Crippen molar-refractivity contribution >= 4 is 17.5 Å². The molecule has 0 saturated carbocycles. The zero-order valence-electron chi connectivity index (χ0n) is 14.8. The fraction of sp³-hybridized carbons (Fsp3) is 0.421. The quantitative estimate of drug-likeness (QED) is 0.575. The Morgan fingerprint density at radius 2 is 2.04 bits per heavy atom. The summed E-state index contributed by atoms with van der Waals surface area (Å²) in [5.74, 6) is 0.505. The molecule has 1 amide bonds. The third-order valence-electron chi connectivity index (χ3n) is 4.60. The summed E-state index contributed by atoms with van der Waals surface area (Å²) in [5.41, 5.74) is 0.999. The highest BCUT2D eigenvalue weighted by molar-refractivity contribution is 5.94. The van der Waals surface area contributed by atoms with Gasteiger partial charge in [-0.15, -0.1) is 0 Å². The van der Waals surface area contributed by atoms with E-state index in [1.54, 1.807) is 6.26 Å². The van der Waals surface area contributed by atoms with Gasteiger partial charge in [0.25, 0.3) is 5.69 Å². The lowest BCUT2D eigenvalue weighted by Gasteiger charge is -2.29. The third-order valence-corrected chi connectivity index (χ3v) is 4.60. The summed E-state index contributed by atoms with van der Waals surface area (Å²) in [6, 6.07) is 5.76. The van der Waals surface area contributed by atoms with E-state index in [0.717, 1.165) is 12.8 Å². The van der Waals surface area contributed by atoms with E-state index >= 15 is 0 Å². The molecule has 0 radical (unpaired) electrons. The second-order valence-corrected chi connectivity index (χ2v) is 7.02. The summed E-state index contributed by atoms with van der Waals surface area (Å²) in [5, 5.41) is 10.8. The van der Waals surface area contributed by atoms with Gasteiger partial charge in [0, 0.05) is 18.1 Å². The molecule has 7 heteroatoms. The number of hydrogen-bond donors (Lipinski definition) is 0. The van der Waals surface area contributed by atoms with E-state index in [1.165, 1.54) is 29.2 Å². The molecule has 26 heavy (non-hydrogen) atoms. The Balaban J connectivity index is 1.75. The maximum absolute atomic E-state index is 12.4. The molecular formula is C19H22N2O5. The Hall–Kier alpha value is -2.83. The van der Waals surface area contributed by atoms with Crippen molar-refractivity contribution < 1.29 is 19.2 Å². The summed E-state index contributed by atoms with van der Waals surface area (Å²) in [7, 11) is 0. The monoisotopic (exact) mass is 358 g/mol. The van der Waals surface area contributed by atoms with Gasteiger partial charge in [0.05, 0.1) is 28.7 Å². The molecule has 138 valence electrons. The largest absolute Gasteiger partial charge is 0.498 e. The van der Waals surface area contributed by atoms with Gasteiger partial charge >= 0.3 is 6.09 Å². The minimum Gasteiger partial charge on any atom is -0.498 e. The average molecular weight is 358 g/mol. The number of nitrogens with zero attached hydrogens (tertiary/aromatic N) is 2. The summed E-state index contributed by atoms with van der Waals surface area (Å²) in [4.78, 5) is 24.1. The molecule has 0 spiro atoms. The second-order valence-electron chi connectivity index (χ2n) is 7.02. The van der Waals surface area contributed by atoms with Gasteiger partial charge in [-0.3, -0.25) is 10.1 Å². The number of ether oxygens (including phenoxy) is 2. The van der Waals surface area contributed by atoms with Crippen LogP contribution >= 0.6 is 0 Å². The van der Waals surface area contributed by atoms with E-state index in [9.17, 15) is 14.9 Å². The van der Waals surface area contributed by atoms with Gasteiger partial charge in [-0.1, -0.05) is 20.4 Å². The van der Waals surface area contributed by atoms with E-state index in [2.05, 4.69) is 20.4 Å². The molecule has 1 aromatic rings. The fourth-order valence-electron chi connectivity index (χ4n) is 3.40. The van der Waals surface area contributed by atoms with E-state index in [0.29, 0.717) is 17.3 Å². The normalized spacial score (nSPS) is 25.3. The molecule has 1 saturated heterocycles. The number of nitro groups is 1. The van der Waals surface area contributed by atoms with Gasteiger partial charge in [0.15, 0.2) is 6.10 Å². The molecule has 2 aliphatic rings. The number of non-ortho nitro benzene ring substituents is 1. The van der Waals surface area contributed by atoms with E-state index in [4.69, 9.17) is 9.47 Å². The molecule has 2 aliphatic heterocycles. The van der Waals surface area contributed by atoms with Crippen LogP contribution in [0.5, 0.6) is 0 Å². The number of anilines is 1. The van der Waals surface area contributed by atoms with Gasteiger partial charge in [-0.25, -0.2) is 9.69 Å². The molecule has 0 aliphatic carbocycles. The van der Waals surface area contributed by atoms with Crippen LogP contribution in [0.2, 0.25) is 0 Å². The van der Waals surface area contributed by atoms with Gasteiger partial charge in [-0.2, -0.15) is 0 Å². The van der Waals surface area contributed by atoms with Crippen LogP contribution in [0.3, 0.4) is 0 Å². The minimum atomic E-state index is -0.519. The molecule has 2 heterocycles. The smallest absolute Gasteiger partial charge is 0.419 e. The topological polar surface area (TPSA) is 81.9 Å². The molecule has 0 aromatic heterocycles. The van der Waals surface area contributed by atoms with Crippen LogP contribution in [-0.2, 0) is 9.47 Å². The lowest BCUT2D eigenvalue weighted by Crippen LogP contribution is -2.30. The fourth-order valence-corrected chi connectivity index (χ4v) is 3.40. The van der Waals surface area contributed by atoms with Crippen molar-refractivity contribution in [2.24, 2.45) is 11.8 Å². The number of amides is 1. The Morgan fingerprint density at radius 1 is 1.35 bits per heavy atom. The lowest BCUT2D eigenvalue weighted by molar-refractivity contribution is -0.384. The van der Waals surface area contributed by atoms with Crippen molar-refractivity contribution in [3.8, 4) is 0 Å². The Labute approximate surface area is 152 Å². The first-order chi connectivity index (χ1) is 12.4. The van der Waals surface area contributed by atoms with Crippen molar-refractivity contribution in [3.63, 3.8) is 0 Å². The maximum Gasteiger partial charge on any atom is 0.419 e. The van der Waals surface area contributed by atoms with Gasteiger partial charge in [0.2, 0.25) is 0 Å². The number of cyclic esters (lactones) is 1. The van der Waals surface area contributed by atoms with Crippen LogP contribution in [0.4, 0.5) is 16.2 Å². The molecule has 0 bridgehead atoms. The Morgan fingerprint density at radius 3 is 2.65 bits per heavy atom. The van der Waals surface area contributed by atoms with Crippen molar-refractivity contribution in [2.45, 2.75) is 38.9 Å². The third kappa shape index (κ3) is 3.56. The summed E-state index contributed by atoms with van der Waals surface area (Å²) < 4.78 is 11.2. The first kappa shape index (κ1) is 18.0. The number of hydrogen-bond acceptors (Lipinski definition) is 5. The SMILES string of the molecule is C=C1C(C2C=COC(CC(C)C)C2)OC(=O)N1c1ccc([N+](=O)[O-])cc1. The molecule has 3 atom stereocenters. The van der Waals surface area contributed by atoms with Crippen LogP contribution in [0.15, 0.2) is 48.9 Å². The van der Waals surface area contributed by atoms with E-state index < -0.39 is 17.1 Å². The Kier molecular flexibility index (Phi) is 4.97. The van der Waals surface area contributed by atoms with E-state index in [1.807, 2.05) is 6.08 Å². The molecule has 3 unspecified atom stereocenters. The predicted octanol–water partition coefficient (Wildman–Crippen LogP) is 4.40. The van der Waals surface area contributed by atoms with Crippen molar-refractivity contribution in [1.82, 2.24) is 0 Å². The summed E-state index contributed by atoms with van der Waals surface area (Å²) in [6.45, 7) is 8.31. The molecule has 3 rings (SSSR count). The highest BCUT2D eigenvalue weighted by Gasteiger charge is 2.42. The predicted molar refractivity (Wildman–Crippen MR) is 96.6 cm³/mol. The van der Waals surface area contributed by atoms with Crippen LogP contribution in [0.1, 0.15) is 26.7 Å². The number of rotatable bonds is 5.